The number of hydrogen-bond acceptors (Lipinski definition) is 4. The molecule has 0 aliphatic carbocycles. The van der Waals surface area contributed by atoms with E-state index in [1.165, 1.54) is 4.31 Å². The average Bonchev–Trinajstić information content (AvgIpc) is 2.65. The minimum atomic E-state index is -3.96. The molecule has 28 heavy (non-hydrogen) atoms. The number of benzene rings is 2. The summed E-state index contributed by atoms with van der Waals surface area (Å²) in [6, 6.07) is 10.4. The fourth-order valence-corrected chi connectivity index (χ4v) is 4.67. The molecule has 2 aromatic rings. The van der Waals surface area contributed by atoms with E-state index in [1.807, 2.05) is 31.2 Å². The van der Waals surface area contributed by atoms with Crippen LogP contribution in [-0.2, 0) is 10.0 Å². The van der Waals surface area contributed by atoms with Crippen molar-refractivity contribution in [2.24, 2.45) is 0 Å². The van der Waals surface area contributed by atoms with Crippen LogP contribution in [0.2, 0.25) is 0 Å². The SMILES string of the molecule is Cc1cccc(OCCCN2CCN(S(=O)(=O)c3ccc(F)cc3F)CC2)c1. The van der Waals surface area contributed by atoms with Crippen molar-refractivity contribution in [2.45, 2.75) is 18.2 Å². The van der Waals surface area contributed by atoms with Gasteiger partial charge in [-0.15, -0.1) is 0 Å². The van der Waals surface area contributed by atoms with E-state index in [1.54, 1.807) is 0 Å². The zero-order valence-electron chi connectivity index (χ0n) is 15.8. The monoisotopic (exact) mass is 410 g/mol. The molecule has 1 fully saturated rings. The van der Waals surface area contributed by atoms with Crippen molar-refractivity contribution in [1.29, 1.82) is 0 Å². The van der Waals surface area contributed by atoms with E-state index in [-0.39, 0.29) is 13.1 Å². The largest absolute Gasteiger partial charge is 0.494 e. The summed E-state index contributed by atoms with van der Waals surface area (Å²) in [7, 11) is -3.96. The Bertz CT molecular complexity index is 913. The van der Waals surface area contributed by atoms with Crippen LogP contribution in [0.1, 0.15) is 12.0 Å². The second-order valence-corrected chi connectivity index (χ2v) is 8.75. The van der Waals surface area contributed by atoms with E-state index >= 15 is 0 Å². The Morgan fingerprint density at radius 2 is 1.79 bits per heavy atom. The molecule has 0 N–H and O–H groups in total. The van der Waals surface area contributed by atoms with Gasteiger partial charge < -0.3 is 9.64 Å². The molecule has 1 aliphatic rings. The smallest absolute Gasteiger partial charge is 0.246 e. The van der Waals surface area contributed by atoms with Crippen LogP contribution < -0.4 is 4.74 Å². The maximum atomic E-state index is 13.9. The highest BCUT2D eigenvalue weighted by Crippen LogP contribution is 2.21. The van der Waals surface area contributed by atoms with E-state index in [4.69, 9.17) is 4.74 Å². The van der Waals surface area contributed by atoms with Crippen LogP contribution in [0, 0.1) is 18.6 Å². The second kappa shape index (κ2) is 8.98. The summed E-state index contributed by atoms with van der Waals surface area (Å²) < 4.78 is 59.1. The number of rotatable bonds is 7. The molecule has 8 heteroatoms. The van der Waals surface area contributed by atoms with Gasteiger partial charge in [-0.25, -0.2) is 17.2 Å². The zero-order chi connectivity index (χ0) is 20.1. The first-order chi connectivity index (χ1) is 13.4. The van der Waals surface area contributed by atoms with Gasteiger partial charge in [0, 0.05) is 38.8 Å². The molecule has 1 heterocycles. The highest BCUT2D eigenvalue weighted by atomic mass is 32.2. The molecule has 0 amide bonds. The third-order valence-corrected chi connectivity index (χ3v) is 6.65. The number of piperazine rings is 1. The summed E-state index contributed by atoms with van der Waals surface area (Å²) in [6.45, 7) is 5.07. The Kier molecular flexibility index (Phi) is 6.64. The minimum Gasteiger partial charge on any atom is -0.494 e. The maximum absolute atomic E-state index is 13.9. The van der Waals surface area contributed by atoms with Crippen LogP contribution in [-0.4, -0.2) is 57.0 Å². The number of halogens is 2. The molecule has 0 bridgehead atoms. The molecule has 1 saturated heterocycles. The maximum Gasteiger partial charge on any atom is 0.246 e. The Morgan fingerprint density at radius 1 is 1.04 bits per heavy atom. The lowest BCUT2D eigenvalue weighted by Gasteiger charge is -2.34. The summed E-state index contributed by atoms with van der Waals surface area (Å²) in [6.07, 6.45) is 0.827. The van der Waals surface area contributed by atoms with Gasteiger partial charge in [0.25, 0.3) is 0 Å². The number of hydrogen-bond donors (Lipinski definition) is 0. The van der Waals surface area contributed by atoms with Crippen LogP contribution in [0.3, 0.4) is 0 Å². The molecule has 0 radical (unpaired) electrons. The second-order valence-electron chi connectivity index (χ2n) is 6.84. The Balaban J connectivity index is 1.46. The quantitative estimate of drug-likeness (QED) is 0.659. The molecule has 0 unspecified atom stereocenters. The van der Waals surface area contributed by atoms with Gasteiger partial charge in [0.2, 0.25) is 10.0 Å². The topological polar surface area (TPSA) is 49.9 Å². The summed E-state index contributed by atoms with van der Waals surface area (Å²) in [5, 5.41) is 0. The Hall–Kier alpha value is -2.03. The van der Waals surface area contributed by atoms with Crippen molar-refractivity contribution in [3.05, 3.63) is 59.7 Å². The van der Waals surface area contributed by atoms with Gasteiger partial charge in [0.1, 0.15) is 22.3 Å². The molecule has 1 aliphatic heterocycles. The number of nitrogens with zero attached hydrogens (tertiary/aromatic N) is 2. The predicted octanol–water partition coefficient (Wildman–Crippen LogP) is 3.05. The van der Waals surface area contributed by atoms with Crippen molar-refractivity contribution in [3.8, 4) is 5.75 Å². The minimum absolute atomic E-state index is 0.276. The average molecular weight is 410 g/mol. The molecule has 0 atom stereocenters. The van der Waals surface area contributed by atoms with E-state index in [2.05, 4.69) is 4.90 Å². The molecule has 0 spiro atoms. The normalized spacial score (nSPS) is 16.2. The van der Waals surface area contributed by atoms with Gasteiger partial charge in [-0.2, -0.15) is 4.31 Å². The first kappa shape index (κ1) is 20.7. The van der Waals surface area contributed by atoms with Crippen LogP contribution in [0.15, 0.2) is 47.4 Å². The summed E-state index contributed by atoms with van der Waals surface area (Å²) in [4.78, 5) is 1.68. The zero-order valence-corrected chi connectivity index (χ0v) is 16.6. The van der Waals surface area contributed by atoms with E-state index in [9.17, 15) is 17.2 Å². The van der Waals surface area contributed by atoms with Crippen molar-refractivity contribution >= 4 is 10.0 Å². The van der Waals surface area contributed by atoms with E-state index < -0.39 is 26.6 Å². The summed E-state index contributed by atoms with van der Waals surface area (Å²) in [5.41, 5.74) is 1.15. The first-order valence-electron chi connectivity index (χ1n) is 9.23. The Labute approximate surface area is 164 Å². The van der Waals surface area contributed by atoms with Gasteiger partial charge in [0.05, 0.1) is 6.61 Å². The van der Waals surface area contributed by atoms with Crippen molar-refractivity contribution in [3.63, 3.8) is 0 Å². The first-order valence-corrected chi connectivity index (χ1v) is 10.7. The van der Waals surface area contributed by atoms with Crippen LogP contribution in [0.5, 0.6) is 5.75 Å². The summed E-state index contributed by atoms with van der Waals surface area (Å²) in [5.74, 6) is -1.01. The van der Waals surface area contributed by atoms with Crippen molar-refractivity contribution in [2.75, 3.05) is 39.3 Å². The number of sulfonamides is 1. The molecule has 3 rings (SSSR count). The van der Waals surface area contributed by atoms with Gasteiger partial charge in [-0.1, -0.05) is 12.1 Å². The molecule has 0 saturated carbocycles. The molecule has 0 aromatic heterocycles. The lowest BCUT2D eigenvalue weighted by atomic mass is 10.2. The van der Waals surface area contributed by atoms with Crippen molar-refractivity contribution < 1.29 is 21.9 Å². The highest BCUT2D eigenvalue weighted by Gasteiger charge is 2.30. The van der Waals surface area contributed by atoms with Gasteiger partial charge in [0.15, 0.2) is 0 Å². The van der Waals surface area contributed by atoms with Crippen LogP contribution >= 0.6 is 0 Å². The number of aryl methyl sites for hydroxylation is 1. The number of ether oxygens (including phenoxy) is 1. The molecular weight excluding hydrogens is 386 g/mol. The van der Waals surface area contributed by atoms with Crippen LogP contribution in [0.4, 0.5) is 8.78 Å². The lowest BCUT2D eigenvalue weighted by Crippen LogP contribution is -2.49. The van der Waals surface area contributed by atoms with Gasteiger partial charge in [-0.05, 0) is 43.2 Å². The lowest BCUT2D eigenvalue weighted by molar-refractivity contribution is 0.174. The molecule has 2 aromatic carbocycles. The van der Waals surface area contributed by atoms with E-state index in [0.29, 0.717) is 25.8 Å². The molecular formula is C20H24F2N2O3S. The molecule has 152 valence electrons. The standard InChI is InChI=1S/C20H24F2N2O3S/c1-16-4-2-5-18(14-16)27-13-3-8-23-9-11-24(12-10-23)28(25,26)20-7-6-17(21)15-19(20)22/h2,4-7,14-15H,3,8-13H2,1H3. The third-order valence-electron chi connectivity index (χ3n) is 4.72. The van der Waals surface area contributed by atoms with E-state index in [0.717, 1.165) is 36.4 Å². The predicted molar refractivity (Wildman–Crippen MR) is 103 cm³/mol. The summed E-state index contributed by atoms with van der Waals surface area (Å²) >= 11 is 0. The van der Waals surface area contributed by atoms with Gasteiger partial charge in [-0.3, -0.25) is 0 Å². The van der Waals surface area contributed by atoms with Gasteiger partial charge >= 0.3 is 0 Å². The third kappa shape index (κ3) is 5.06. The molecule has 5 nitrogen and oxygen atoms in total. The fourth-order valence-electron chi connectivity index (χ4n) is 3.20. The fraction of sp³-hybridized carbons (Fsp3) is 0.400. The van der Waals surface area contributed by atoms with Crippen LogP contribution in [0.25, 0.3) is 0 Å². The highest BCUT2D eigenvalue weighted by molar-refractivity contribution is 7.89. The van der Waals surface area contributed by atoms with Crippen molar-refractivity contribution in [1.82, 2.24) is 9.21 Å². The Morgan fingerprint density at radius 3 is 2.46 bits per heavy atom.